The van der Waals surface area contributed by atoms with Gasteiger partial charge < -0.3 is 10.0 Å². The topological polar surface area (TPSA) is 77.9 Å². The number of piperidine rings is 1. The first kappa shape index (κ1) is 17.7. The number of aromatic amines is 1. The normalized spacial score (nSPS) is 18.2. The van der Waals surface area contributed by atoms with Crippen LogP contribution in [-0.2, 0) is 6.18 Å². The molecule has 3 aromatic heterocycles. The number of aliphatic hydroxyl groups excluding tert-OH is 1. The van der Waals surface area contributed by atoms with Gasteiger partial charge in [0.05, 0.1) is 5.56 Å². The van der Waals surface area contributed by atoms with E-state index in [-0.39, 0.29) is 23.9 Å². The van der Waals surface area contributed by atoms with Crippen molar-refractivity contribution < 1.29 is 18.3 Å². The molecule has 0 spiro atoms. The number of H-pyrrole nitrogens is 1. The van der Waals surface area contributed by atoms with Crippen molar-refractivity contribution in [2.24, 2.45) is 5.92 Å². The summed E-state index contributed by atoms with van der Waals surface area (Å²) in [5.74, 6) is 0.554. The number of hydrogen-bond donors (Lipinski definition) is 2. The number of nitrogens with one attached hydrogen (secondary N) is 1. The van der Waals surface area contributed by atoms with Crippen LogP contribution in [0.3, 0.4) is 0 Å². The SMILES string of the molecule is OCC1CCCN(c2ccc(C(F)(F)F)c(-c3n[nH]c4ncccc34)n2)C1. The molecule has 1 unspecified atom stereocenters. The smallest absolute Gasteiger partial charge is 0.396 e. The molecule has 1 saturated heterocycles. The second-order valence-electron chi connectivity index (χ2n) is 6.67. The first-order valence-electron chi connectivity index (χ1n) is 8.71. The molecule has 0 bridgehead atoms. The van der Waals surface area contributed by atoms with Gasteiger partial charge in [-0.3, -0.25) is 5.10 Å². The molecule has 1 atom stereocenters. The lowest BCUT2D eigenvalue weighted by atomic mass is 9.99. The zero-order chi connectivity index (χ0) is 19.0. The van der Waals surface area contributed by atoms with Gasteiger partial charge >= 0.3 is 6.18 Å². The molecule has 4 rings (SSSR count). The van der Waals surface area contributed by atoms with Crippen LogP contribution in [0.15, 0.2) is 30.5 Å². The molecule has 0 aromatic carbocycles. The molecule has 1 aliphatic heterocycles. The number of fused-ring (bicyclic) bond motifs is 1. The Balaban J connectivity index is 1.83. The Labute approximate surface area is 153 Å². The van der Waals surface area contributed by atoms with Crippen molar-refractivity contribution in [3.05, 3.63) is 36.0 Å². The summed E-state index contributed by atoms with van der Waals surface area (Å²) in [7, 11) is 0. The summed E-state index contributed by atoms with van der Waals surface area (Å²) in [6.07, 6.45) is -1.25. The Morgan fingerprint density at radius 3 is 2.85 bits per heavy atom. The minimum atomic E-state index is -4.55. The van der Waals surface area contributed by atoms with Crippen molar-refractivity contribution in [2.45, 2.75) is 19.0 Å². The summed E-state index contributed by atoms with van der Waals surface area (Å²) in [4.78, 5) is 10.3. The van der Waals surface area contributed by atoms with Gasteiger partial charge in [0.2, 0.25) is 0 Å². The second-order valence-corrected chi connectivity index (χ2v) is 6.67. The summed E-state index contributed by atoms with van der Waals surface area (Å²) < 4.78 is 40.8. The molecule has 3 aromatic rings. The van der Waals surface area contributed by atoms with E-state index >= 15 is 0 Å². The number of halogens is 3. The number of anilines is 1. The minimum absolute atomic E-state index is 0.0552. The third-order valence-electron chi connectivity index (χ3n) is 4.85. The monoisotopic (exact) mass is 377 g/mol. The highest BCUT2D eigenvalue weighted by atomic mass is 19.4. The van der Waals surface area contributed by atoms with E-state index in [0.717, 1.165) is 18.9 Å². The first-order valence-corrected chi connectivity index (χ1v) is 8.71. The highest BCUT2D eigenvalue weighted by Crippen LogP contribution is 2.38. The van der Waals surface area contributed by atoms with E-state index in [0.29, 0.717) is 29.9 Å². The molecule has 9 heteroatoms. The van der Waals surface area contributed by atoms with Crippen molar-refractivity contribution in [1.29, 1.82) is 0 Å². The fourth-order valence-electron chi connectivity index (χ4n) is 3.49. The fourth-order valence-corrected chi connectivity index (χ4v) is 3.49. The van der Waals surface area contributed by atoms with Gasteiger partial charge in [0.1, 0.15) is 17.2 Å². The molecule has 0 amide bonds. The molecular formula is C18H18F3N5O. The molecule has 4 heterocycles. The molecule has 0 saturated carbocycles. The van der Waals surface area contributed by atoms with E-state index < -0.39 is 11.7 Å². The standard InChI is InChI=1S/C18H18F3N5O/c19-18(20,21)13-5-6-14(26-8-2-3-11(9-26)10-27)23-16(13)15-12-4-1-7-22-17(12)25-24-15/h1,4-7,11,27H,2-3,8-10H2,(H,22,24,25). The number of alkyl halides is 3. The Hall–Kier alpha value is -2.68. The molecule has 0 radical (unpaired) electrons. The molecule has 1 fully saturated rings. The van der Waals surface area contributed by atoms with Gasteiger partial charge in [-0.2, -0.15) is 18.3 Å². The van der Waals surface area contributed by atoms with Gasteiger partial charge in [-0.05, 0) is 43.0 Å². The fraction of sp³-hybridized carbons (Fsp3) is 0.389. The molecule has 142 valence electrons. The average molecular weight is 377 g/mol. The molecule has 0 aliphatic carbocycles. The van der Waals surface area contributed by atoms with Gasteiger partial charge in [0.15, 0.2) is 5.65 Å². The third kappa shape index (κ3) is 3.34. The van der Waals surface area contributed by atoms with Gasteiger partial charge in [-0.15, -0.1) is 0 Å². The minimum Gasteiger partial charge on any atom is -0.396 e. The van der Waals surface area contributed by atoms with Crippen LogP contribution in [0.2, 0.25) is 0 Å². The summed E-state index contributed by atoms with van der Waals surface area (Å²) in [5, 5.41) is 16.6. The van der Waals surface area contributed by atoms with Gasteiger partial charge in [0, 0.05) is 31.3 Å². The molecular weight excluding hydrogens is 359 g/mol. The van der Waals surface area contributed by atoms with E-state index in [4.69, 9.17) is 0 Å². The summed E-state index contributed by atoms with van der Waals surface area (Å²) in [6.45, 7) is 1.31. The number of rotatable bonds is 3. The van der Waals surface area contributed by atoms with Crippen molar-refractivity contribution in [3.63, 3.8) is 0 Å². The number of nitrogens with zero attached hydrogens (tertiary/aromatic N) is 4. The molecule has 2 N–H and O–H groups in total. The van der Waals surface area contributed by atoms with Crippen LogP contribution in [0.5, 0.6) is 0 Å². The lowest BCUT2D eigenvalue weighted by Gasteiger charge is -2.33. The summed E-state index contributed by atoms with van der Waals surface area (Å²) >= 11 is 0. The molecule has 1 aliphatic rings. The summed E-state index contributed by atoms with van der Waals surface area (Å²) in [6, 6.07) is 5.75. The van der Waals surface area contributed by atoms with E-state index in [2.05, 4.69) is 20.2 Å². The highest BCUT2D eigenvalue weighted by Gasteiger charge is 2.36. The van der Waals surface area contributed by atoms with Crippen molar-refractivity contribution in [1.82, 2.24) is 20.2 Å². The van der Waals surface area contributed by atoms with Crippen molar-refractivity contribution in [3.8, 4) is 11.4 Å². The van der Waals surface area contributed by atoms with E-state index in [9.17, 15) is 18.3 Å². The average Bonchev–Trinajstić information content (AvgIpc) is 3.11. The maximum absolute atomic E-state index is 13.6. The summed E-state index contributed by atoms with van der Waals surface area (Å²) in [5.41, 5.74) is -0.515. The highest BCUT2D eigenvalue weighted by molar-refractivity contribution is 5.90. The zero-order valence-corrected chi connectivity index (χ0v) is 14.4. The predicted molar refractivity (Wildman–Crippen MR) is 94.1 cm³/mol. The largest absolute Gasteiger partial charge is 0.418 e. The lowest BCUT2D eigenvalue weighted by molar-refractivity contribution is -0.137. The van der Waals surface area contributed by atoms with Gasteiger partial charge in [-0.25, -0.2) is 9.97 Å². The predicted octanol–water partition coefficient (Wildman–Crippen LogP) is 3.25. The van der Waals surface area contributed by atoms with E-state index in [1.807, 2.05) is 4.90 Å². The van der Waals surface area contributed by atoms with Crippen LogP contribution in [0.4, 0.5) is 19.0 Å². The van der Waals surface area contributed by atoms with Crippen LogP contribution in [0, 0.1) is 5.92 Å². The van der Waals surface area contributed by atoms with E-state index in [1.165, 1.54) is 6.07 Å². The van der Waals surface area contributed by atoms with Crippen LogP contribution in [-0.4, -0.2) is 45.0 Å². The first-order chi connectivity index (χ1) is 13.0. The number of aromatic nitrogens is 4. The van der Waals surface area contributed by atoms with E-state index in [1.54, 1.807) is 18.3 Å². The number of aliphatic hydroxyl groups is 1. The lowest BCUT2D eigenvalue weighted by Crippen LogP contribution is -2.37. The van der Waals surface area contributed by atoms with Gasteiger partial charge in [-0.1, -0.05) is 0 Å². The third-order valence-corrected chi connectivity index (χ3v) is 4.85. The Bertz CT molecular complexity index is 956. The number of pyridine rings is 2. The quantitative estimate of drug-likeness (QED) is 0.733. The maximum atomic E-state index is 13.6. The Morgan fingerprint density at radius 1 is 1.22 bits per heavy atom. The van der Waals surface area contributed by atoms with Crippen molar-refractivity contribution in [2.75, 3.05) is 24.6 Å². The molecule has 6 nitrogen and oxygen atoms in total. The van der Waals surface area contributed by atoms with Crippen LogP contribution >= 0.6 is 0 Å². The van der Waals surface area contributed by atoms with Crippen LogP contribution in [0.1, 0.15) is 18.4 Å². The number of hydrogen-bond acceptors (Lipinski definition) is 5. The Morgan fingerprint density at radius 2 is 2.07 bits per heavy atom. The van der Waals surface area contributed by atoms with Crippen molar-refractivity contribution >= 4 is 16.9 Å². The zero-order valence-electron chi connectivity index (χ0n) is 14.4. The maximum Gasteiger partial charge on any atom is 0.418 e. The van der Waals surface area contributed by atoms with Crippen LogP contribution < -0.4 is 4.90 Å². The van der Waals surface area contributed by atoms with Crippen LogP contribution in [0.25, 0.3) is 22.4 Å². The molecule has 27 heavy (non-hydrogen) atoms. The van der Waals surface area contributed by atoms with Gasteiger partial charge in [0.25, 0.3) is 0 Å². The Kier molecular flexibility index (Phi) is 4.47. The second kappa shape index (κ2) is 6.80.